The largest absolute Gasteiger partial charge is 0.387 e. The summed E-state index contributed by atoms with van der Waals surface area (Å²) in [6, 6.07) is 9.84. The van der Waals surface area contributed by atoms with Crippen molar-refractivity contribution in [2.45, 2.75) is 31.8 Å². The van der Waals surface area contributed by atoms with Crippen LogP contribution in [0.5, 0.6) is 0 Å². The van der Waals surface area contributed by atoms with Crippen LogP contribution in [0, 0.1) is 11.3 Å². The molecule has 3 fully saturated rings. The summed E-state index contributed by atoms with van der Waals surface area (Å²) in [5, 5.41) is 13.9. The van der Waals surface area contributed by atoms with Gasteiger partial charge in [0.1, 0.15) is 0 Å². The van der Waals surface area contributed by atoms with Gasteiger partial charge in [0.05, 0.1) is 11.5 Å². The van der Waals surface area contributed by atoms with Gasteiger partial charge >= 0.3 is 0 Å². The van der Waals surface area contributed by atoms with Crippen LogP contribution in [0.4, 0.5) is 0 Å². The van der Waals surface area contributed by atoms with Gasteiger partial charge in [-0.1, -0.05) is 43.2 Å². The average molecular weight is 357 g/mol. The van der Waals surface area contributed by atoms with Gasteiger partial charge in [-0.25, -0.2) is 0 Å². The minimum absolute atomic E-state index is 0.135. The third-order valence-corrected chi connectivity index (χ3v) is 6.74. The van der Waals surface area contributed by atoms with Crippen molar-refractivity contribution in [3.8, 4) is 0 Å². The highest BCUT2D eigenvalue weighted by Crippen LogP contribution is 2.45. The van der Waals surface area contributed by atoms with E-state index in [9.17, 15) is 9.90 Å². The molecule has 26 heavy (non-hydrogen) atoms. The van der Waals surface area contributed by atoms with E-state index in [4.69, 9.17) is 0 Å². The lowest BCUT2D eigenvalue weighted by molar-refractivity contribution is -0.147. The van der Waals surface area contributed by atoms with Crippen LogP contribution in [0.25, 0.3) is 0 Å². The Hall–Kier alpha value is -1.43. The van der Waals surface area contributed by atoms with E-state index in [1.165, 1.54) is 19.3 Å². The number of fused-ring (bicyclic) bond motifs is 1. The number of aliphatic hydroxyl groups is 1. The van der Waals surface area contributed by atoms with E-state index in [1.54, 1.807) is 0 Å². The summed E-state index contributed by atoms with van der Waals surface area (Å²) < 4.78 is 0. The molecule has 142 valence electrons. The summed E-state index contributed by atoms with van der Waals surface area (Å²) in [5.74, 6) is 0.914. The highest BCUT2D eigenvalue weighted by atomic mass is 16.3. The first-order chi connectivity index (χ1) is 12.7. The van der Waals surface area contributed by atoms with E-state index in [2.05, 4.69) is 15.1 Å². The molecule has 4 rings (SSSR count). The van der Waals surface area contributed by atoms with Crippen LogP contribution in [0.15, 0.2) is 30.3 Å². The number of benzene rings is 1. The number of nitrogens with zero attached hydrogens (tertiary/aromatic N) is 2. The van der Waals surface area contributed by atoms with Crippen molar-refractivity contribution in [2.24, 2.45) is 11.3 Å². The summed E-state index contributed by atoms with van der Waals surface area (Å²) in [4.78, 5) is 17.7. The SMILES string of the molecule is O=C(N1CCN(CC(O)c2ccccc2)CC1)[C@@]12CCCC[C@H]1CNC2. The van der Waals surface area contributed by atoms with Gasteiger partial charge in [-0.2, -0.15) is 0 Å². The average Bonchev–Trinajstić information content (AvgIpc) is 3.14. The summed E-state index contributed by atoms with van der Waals surface area (Å²) in [6.45, 7) is 5.79. The molecule has 1 aliphatic carbocycles. The normalized spacial score (nSPS) is 30.8. The number of hydrogen-bond acceptors (Lipinski definition) is 4. The molecule has 5 heteroatoms. The van der Waals surface area contributed by atoms with Crippen LogP contribution in [0.3, 0.4) is 0 Å². The number of β-amino-alcohol motifs (C(OH)–C–C–N with tert-alkyl or cyclic N) is 1. The number of nitrogens with one attached hydrogen (secondary N) is 1. The monoisotopic (exact) mass is 357 g/mol. The minimum Gasteiger partial charge on any atom is -0.387 e. The van der Waals surface area contributed by atoms with Crippen LogP contribution in [0.1, 0.15) is 37.4 Å². The summed E-state index contributed by atoms with van der Waals surface area (Å²) in [5.41, 5.74) is 0.830. The van der Waals surface area contributed by atoms with Crippen molar-refractivity contribution >= 4 is 5.91 Å². The number of piperazine rings is 1. The summed E-state index contributed by atoms with van der Waals surface area (Å²) in [6.07, 6.45) is 4.25. The Kier molecular flexibility index (Phi) is 5.30. The summed E-state index contributed by atoms with van der Waals surface area (Å²) in [7, 11) is 0. The number of aliphatic hydroxyl groups excluding tert-OH is 1. The maximum atomic E-state index is 13.3. The van der Waals surface area contributed by atoms with E-state index in [0.29, 0.717) is 18.4 Å². The fourth-order valence-corrected chi connectivity index (χ4v) is 5.14. The predicted molar refractivity (Wildman–Crippen MR) is 102 cm³/mol. The fraction of sp³-hybridized carbons (Fsp3) is 0.667. The molecule has 0 bridgehead atoms. The van der Waals surface area contributed by atoms with Crippen molar-refractivity contribution < 1.29 is 9.90 Å². The predicted octanol–water partition coefficient (Wildman–Crippen LogP) is 1.64. The molecular formula is C21H31N3O2. The van der Waals surface area contributed by atoms with E-state index in [0.717, 1.165) is 51.3 Å². The van der Waals surface area contributed by atoms with Crippen LogP contribution in [-0.2, 0) is 4.79 Å². The van der Waals surface area contributed by atoms with E-state index in [-0.39, 0.29) is 5.41 Å². The molecule has 1 aromatic carbocycles. The fourth-order valence-electron chi connectivity index (χ4n) is 5.14. The van der Waals surface area contributed by atoms with Gasteiger partial charge in [0.2, 0.25) is 5.91 Å². The van der Waals surface area contributed by atoms with Crippen LogP contribution >= 0.6 is 0 Å². The number of amides is 1. The quantitative estimate of drug-likeness (QED) is 0.860. The first kappa shape index (κ1) is 18.0. The Morgan fingerprint density at radius 3 is 2.73 bits per heavy atom. The zero-order chi connectivity index (χ0) is 18.0. The van der Waals surface area contributed by atoms with Crippen molar-refractivity contribution in [1.82, 2.24) is 15.1 Å². The molecule has 1 saturated carbocycles. The number of carbonyl (C=O) groups excluding carboxylic acids is 1. The zero-order valence-corrected chi connectivity index (χ0v) is 15.6. The molecule has 2 aliphatic heterocycles. The lowest BCUT2D eigenvalue weighted by Crippen LogP contribution is -2.56. The van der Waals surface area contributed by atoms with Gasteiger partial charge < -0.3 is 15.3 Å². The van der Waals surface area contributed by atoms with Crippen LogP contribution in [-0.4, -0.2) is 66.6 Å². The third kappa shape index (κ3) is 3.40. The van der Waals surface area contributed by atoms with Gasteiger partial charge in [0.25, 0.3) is 0 Å². The topological polar surface area (TPSA) is 55.8 Å². The number of carbonyl (C=O) groups is 1. The molecule has 3 aliphatic rings. The molecule has 0 aromatic heterocycles. The van der Waals surface area contributed by atoms with Gasteiger partial charge in [-0.05, 0) is 30.9 Å². The molecule has 2 saturated heterocycles. The first-order valence-electron chi connectivity index (χ1n) is 10.1. The van der Waals surface area contributed by atoms with Crippen LogP contribution < -0.4 is 5.32 Å². The third-order valence-electron chi connectivity index (χ3n) is 6.74. The van der Waals surface area contributed by atoms with Crippen molar-refractivity contribution in [3.63, 3.8) is 0 Å². The Morgan fingerprint density at radius 2 is 1.96 bits per heavy atom. The molecule has 0 radical (unpaired) electrons. The molecule has 1 unspecified atom stereocenters. The van der Waals surface area contributed by atoms with Crippen LogP contribution in [0.2, 0.25) is 0 Å². The van der Waals surface area contributed by atoms with Gasteiger partial charge in [0.15, 0.2) is 0 Å². The van der Waals surface area contributed by atoms with E-state index < -0.39 is 6.10 Å². The highest BCUT2D eigenvalue weighted by molar-refractivity contribution is 5.84. The minimum atomic E-state index is -0.459. The maximum absolute atomic E-state index is 13.3. The number of rotatable bonds is 4. The van der Waals surface area contributed by atoms with Gasteiger partial charge in [-0.15, -0.1) is 0 Å². The Labute approximate surface area is 156 Å². The van der Waals surface area contributed by atoms with Crippen molar-refractivity contribution in [3.05, 3.63) is 35.9 Å². The van der Waals surface area contributed by atoms with Gasteiger partial charge in [0, 0.05) is 39.3 Å². The standard InChI is InChI=1S/C21H31N3O2/c25-19(17-6-2-1-3-7-17)15-23-10-12-24(13-11-23)20(26)21-9-5-4-8-18(21)14-22-16-21/h1-3,6-7,18-19,22,25H,4-5,8-16H2/t18-,19?,21+/m0/s1. The van der Waals surface area contributed by atoms with Crippen molar-refractivity contribution in [1.29, 1.82) is 0 Å². The zero-order valence-electron chi connectivity index (χ0n) is 15.6. The molecule has 2 heterocycles. The Balaban J connectivity index is 1.33. The lowest BCUT2D eigenvalue weighted by atomic mass is 9.67. The summed E-state index contributed by atoms with van der Waals surface area (Å²) >= 11 is 0. The molecule has 1 amide bonds. The molecular weight excluding hydrogens is 326 g/mol. The second-order valence-electron chi connectivity index (χ2n) is 8.25. The molecule has 2 N–H and O–H groups in total. The van der Waals surface area contributed by atoms with Gasteiger partial charge in [-0.3, -0.25) is 9.69 Å². The molecule has 3 atom stereocenters. The van der Waals surface area contributed by atoms with Crippen molar-refractivity contribution in [2.75, 3.05) is 45.8 Å². The second-order valence-corrected chi connectivity index (χ2v) is 8.25. The maximum Gasteiger partial charge on any atom is 0.230 e. The Morgan fingerprint density at radius 1 is 1.19 bits per heavy atom. The number of hydrogen-bond donors (Lipinski definition) is 2. The molecule has 0 spiro atoms. The second kappa shape index (κ2) is 7.67. The highest BCUT2D eigenvalue weighted by Gasteiger charge is 2.51. The smallest absolute Gasteiger partial charge is 0.230 e. The molecule has 1 aromatic rings. The van der Waals surface area contributed by atoms with E-state index >= 15 is 0 Å². The molecule has 5 nitrogen and oxygen atoms in total. The van der Waals surface area contributed by atoms with E-state index in [1.807, 2.05) is 30.3 Å². The first-order valence-corrected chi connectivity index (χ1v) is 10.1. The Bertz CT molecular complexity index is 615. The lowest BCUT2D eigenvalue weighted by Gasteiger charge is -2.43.